The Hall–Kier alpha value is -0.540. The lowest BCUT2D eigenvalue weighted by Gasteiger charge is -2.35. The fourth-order valence-corrected chi connectivity index (χ4v) is 3.39. The molecule has 19 heavy (non-hydrogen) atoms. The van der Waals surface area contributed by atoms with Crippen LogP contribution in [0.25, 0.3) is 0 Å². The molecule has 0 saturated carbocycles. The van der Waals surface area contributed by atoms with Gasteiger partial charge in [-0.2, -0.15) is 0 Å². The van der Waals surface area contributed by atoms with E-state index in [0.29, 0.717) is 0 Å². The van der Waals surface area contributed by atoms with Crippen LogP contribution in [0.4, 0.5) is 5.69 Å². The van der Waals surface area contributed by atoms with Crippen LogP contribution in [-0.2, 0) is 6.54 Å². The Morgan fingerprint density at radius 1 is 1.32 bits per heavy atom. The van der Waals surface area contributed by atoms with Crippen molar-refractivity contribution in [2.45, 2.75) is 39.2 Å². The van der Waals surface area contributed by atoms with E-state index in [9.17, 15) is 0 Å². The van der Waals surface area contributed by atoms with Crippen molar-refractivity contribution < 1.29 is 0 Å². The molecule has 1 aromatic carbocycles. The maximum atomic E-state index is 3.60. The molecule has 1 aliphatic rings. The smallest absolute Gasteiger partial charge is 0.0423 e. The molecule has 1 fully saturated rings. The number of piperidine rings is 1. The molecule has 0 atom stereocenters. The summed E-state index contributed by atoms with van der Waals surface area (Å²) in [7, 11) is 2.01. The van der Waals surface area contributed by atoms with Gasteiger partial charge in [-0.3, -0.25) is 0 Å². The van der Waals surface area contributed by atoms with E-state index in [0.717, 1.165) is 12.5 Å². The molecule has 2 nitrogen and oxygen atoms in total. The van der Waals surface area contributed by atoms with Crippen LogP contribution in [0.2, 0.25) is 0 Å². The van der Waals surface area contributed by atoms with E-state index >= 15 is 0 Å². The lowest BCUT2D eigenvalue weighted by atomic mass is 9.92. The molecule has 1 aliphatic heterocycles. The van der Waals surface area contributed by atoms with Gasteiger partial charge in [0.2, 0.25) is 0 Å². The number of hydrogen-bond acceptors (Lipinski definition) is 2. The normalized spacial score (nSPS) is 16.9. The molecule has 0 radical (unpaired) electrons. The maximum Gasteiger partial charge on any atom is 0.0423 e. The largest absolute Gasteiger partial charge is 0.371 e. The number of rotatable bonds is 5. The van der Waals surface area contributed by atoms with Gasteiger partial charge in [0.25, 0.3) is 0 Å². The zero-order valence-electron chi connectivity index (χ0n) is 12.1. The summed E-state index contributed by atoms with van der Waals surface area (Å²) in [5.74, 6) is 0.946. The zero-order valence-corrected chi connectivity index (χ0v) is 13.7. The summed E-state index contributed by atoms with van der Waals surface area (Å²) in [5.41, 5.74) is 2.80. The van der Waals surface area contributed by atoms with E-state index < -0.39 is 0 Å². The van der Waals surface area contributed by atoms with Crippen molar-refractivity contribution >= 4 is 21.6 Å². The second-order valence-corrected chi connectivity index (χ2v) is 6.44. The Kier molecular flexibility index (Phi) is 5.71. The highest BCUT2D eigenvalue weighted by atomic mass is 79.9. The van der Waals surface area contributed by atoms with Crippen molar-refractivity contribution in [3.63, 3.8) is 0 Å². The number of nitrogens with zero attached hydrogens (tertiary/aromatic N) is 1. The van der Waals surface area contributed by atoms with Crippen LogP contribution < -0.4 is 10.2 Å². The summed E-state index contributed by atoms with van der Waals surface area (Å²) in [4.78, 5) is 2.56. The molecule has 1 saturated heterocycles. The van der Waals surface area contributed by atoms with Gasteiger partial charge in [0.1, 0.15) is 0 Å². The average Bonchev–Trinajstić information content (AvgIpc) is 2.42. The number of halogens is 1. The van der Waals surface area contributed by atoms with Crippen LogP contribution in [-0.4, -0.2) is 20.1 Å². The fourth-order valence-electron chi connectivity index (χ4n) is 3.04. The fraction of sp³-hybridized carbons (Fsp3) is 0.625. The van der Waals surface area contributed by atoms with Crippen molar-refractivity contribution in [2.75, 3.05) is 25.0 Å². The highest BCUT2D eigenvalue weighted by Gasteiger charge is 2.20. The quantitative estimate of drug-likeness (QED) is 0.873. The third-order valence-electron chi connectivity index (χ3n) is 4.07. The van der Waals surface area contributed by atoms with Crippen LogP contribution >= 0.6 is 15.9 Å². The van der Waals surface area contributed by atoms with Crippen LogP contribution in [0.1, 0.15) is 38.2 Å². The molecule has 2 rings (SSSR count). The predicted molar refractivity (Wildman–Crippen MR) is 86.8 cm³/mol. The van der Waals surface area contributed by atoms with Gasteiger partial charge >= 0.3 is 0 Å². The topological polar surface area (TPSA) is 15.3 Å². The highest BCUT2D eigenvalue weighted by molar-refractivity contribution is 9.10. The first-order chi connectivity index (χ1) is 9.24. The lowest BCUT2D eigenvalue weighted by molar-refractivity contribution is 0.378. The molecule has 3 heteroatoms. The number of benzene rings is 1. The molecule has 0 amide bonds. The van der Waals surface area contributed by atoms with Gasteiger partial charge in [0, 0.05) is 29.8 Å². The summed E-state index contributed by atoms with van der Waals surface area (Å²) in [5, 5.41) is 3.27. The Morgan fingerprint density at radius 3 is 2.68 bits per heavy atom. The van der Waals surface area contributed by atoms with Gasteiger partial charge in [-0.1, -0.05) is 41.8 Å². The molecule has 0 aliphatic carbocycles. The molecule has 1 N–H and O–H groups in total. The third kappa shape index (κ3) is 3.96. The van der Waals surface area contributed by atoms with Crippen molar-refractivity contribution in [1.29, 1.82) is 0 Å². The third-order valence-corrected chi connectivity index (χ3v) is 4.56. The molecule has 0 spiro atoms. The zero-order chi connectivity index (χ0) is 13.7. The Bertz CT molecular complexity index is 398. The summed E-state index contributed by atoms with van der Waals surface area (Å²) in [6, 6.07) is 6.64. The van der Waals surface area contributed by atoms with E-state index in [-0.39, 0.29) is 0 Å². The summed E-state index contributed by atoms with van der Waals surface area (Å²) in [6.07, 6.45) is 5.42. The summed E-state index contributed by atoms with van der Waals surface area (Å²) < 4.78 is 1.18. The molecular weight excluding hydrogens is 300 g/mol. The standard InChI is InChI=1S/C16H25BrN2/c1-3-4-13-7-9-19(10-8-13)16-11-15(17)6-5-14(16)12-18-2/h5-6,11,13,18H,3-4,7-10,12H2,1-2H3. The molecule has 0 bridgehead atoms. The van der Waals surface area contributed by atoms with Crippen molar-refractivity contribution in [3.05, 3.63) is 28.2 Å². The van der Waals surface area contributed by atoms with Crippen LogP contribution in [0.3, 0.4) is 0 Å². The summed E-state index contributed by atoms with van der Waals surface area (Å²) in [6.45, 7) is 5.65. The maximum absolute atomic E-state index is 3.60. The predicted octanol–water partition coefficient (Wildman–Crippen LogP) is 4.19. The van der Waals surface area contributed by atoms with Gasteiger partial charge in [0.15, 0.2) is 0 Å². The first-order valence-electron chi connectivity index (χ1n) is 7.42. The highest BCUT2D eigenvalue weighted by Crippen LogP contribution is 2.30. The second-order valence-electron chi connectivity index (χ2n) is 5.52. The van der Waals surface area contributed by atoms with Crippen LogP contribution in [0.5, 0.6) is 0 Å². The van der Waals surface area contributed by atoms with Gasteiger partial charge in [-0.05, 0) is 43.5 Å². The van der Waals surface area contributed by atoms with Crippen LogP contribution in [0, 0.1) is 5.92 Å². The average molecular weight is 325 g/mol. The Balaban J connectivity index is 2.07. The van der Waals surface area contributed by atoms with Gasteiger partial charge in [0.05, 0.1) is 0 Å². The molecule has 1 aromatic rings. The van der Waals surface area contributed by atoms with Gasteiger partial charge < -0.3 is 10.2 Å². The monoisotopic (exact) mass is 324 g/mol. The van der Waals surface area contributed by atoms with E-state index in [1.807, 2.05) is 7.05 Å². The van der Waals surface area contributed by atoms with E-state index in [1.165, 1.54) is 54.5 Å². The van der Waals surface area contributed by atoms with Crippen molar-refractivity contribution in [3.8, 4) is 0 Å². The first-order valence-corrected chi connectivity index (χ1v) is 8.22. The molecular formula is C16H25BrN2. The van der Waals surface area contributed by atoms with Crippen molar-refractivity contribution in [1.82, 2.24) is 5.32 Å². The minimum Gasteiger partial charge on any atom is -0.371 e. The molecule has 106 valence electrons. The minimum absolute atomic E-state index is 0.942. The van der Waals surface area contributed by atoms with Gasteiger partial charge in [-0.25, -0.2) is 0 Å². The Morgan fingerprint density at radius 2 is 2.05 bits per heavy atom. The molecule has 1 heterocycles. The minimum atomic E-state index is 0.942. The molecule has 0 aromatic heterocycles. The summed E-state index contributed by atoms with van der Waals surface area (Å²) >= 11 is 3.60. The van der Waals surface area contributed by atoms with Crippen molar-refractivity contribution in [2.24, 2.45) is 5.92 Å². The van der Waals surface area contributed by atoms with Gasteiger partial charge in [-0.15, -0.1) is 0 Å². The number of nitrogens with one attached hydrogen (secondary N) is 1. The van der Waals surface area contributed by atoms with E-state index in [2.05, 4.69) is 51.3 Å². The molecule has 0 unspecified atom stereocenters. The lowest BCUT2D eigenvalue weighted by Crippen LogP contribution is -2.34. The second kappa shape index (κ2) is 7.30. The SMILES string of the molecule is CCCC1CCN(c2cc(Br)ccc2CNC)CC1. The number of hydrogen-bond donors (Lipinski definition) is 1. The Labute approximate surface area is 125 Å². The van der Waals surface area contributed by atoms with Crippen LogP contribution in [0.15, 0.2) is 22.7 Å². The first kappa shape index (κ1) is 14.9. The number of anilines is 1. The van der Waals surface area contributed by atoms with E-state index in [1.54, 1.807) is 0 Å². The van der Waals surface area contributed by atoms with E-state index in [4.69, 9.17) is 0 Å².